The number of likely N-dealkylation sites (tertiary alicyclic amines) is 1. The van der Waals surface area contributed by atoms with Crippen molar-refractivity contribution in [3.63, 3.8) is 0 Å². The highest BCUT2D eigenvalue weighted by atomic mass is 16.3. The molecule has 0 atom stereocenters. The summed E-state index contributed by atoms with van der Waals surface area (Å²) >= 11 is 0. The van der Waals surface area contributed by atoms with Crippen LogP contribution in [0.15, 0.2) is 36.4 Å². The molecule has 4 N–H and O–H groups in total. The molecule has 0 amide bonds. The van der Waals surface area contributed by atoms with Crippen LogP contribution in [-0.4, -0.2) is 45.7 Å². The highest BCUT2D eigenvalue weighted by Gasteiger charge is 2.30. The van der Waals surface area contributed by atoms with E-state index in [4.69, 9.17) is 5.73 Å². The number of hydrogen-bond donors (Lipinski definition) is 3. The Balaban J connectivity index is 1.25. The van der Waals surface area contributed by atoms with Crippen LogP contribution in [0.2, 0.25) is 0 Å². The zero-order valence-electron chi connectivity index (χ0n) is 15.7. The van der Waals surface area contributed by atoms with E-state index in [1.807, 2.05) is 6.07 Å². The minimum atomic E-state index is -0.191. The van der Waals surface area contributed by atoms with E-state index >= 15 is 0 Å². The first-order chi connectivity index (χ1) is 13.2. The van der Waals surface area contributed by atoms with Crippen LogP contribution in [-0.2, 0) is 6.54 Å². The number of aromatic nitrogens is 2. The lowest BCUT2D eigenvalue weighted by Crippen LogP contribution is -2.35. The number of aliphatic hydroxyl groups is 1. The van der Waals surface area contributed by atoms with E-state index < -0.39 is 0 Å². The van der Waals surface area contributed by atoms with Gasteiger partial charge in [0.2, 0.25) is 5.95 Å². The lowest BCUT2D eigenvalue weighted by molar-refractivity contribution is 0.0732. The van der Waals surface area contributed by atoms with Gasteiger partial charge in [-0.25, -0.2) is 4.98 Å². The molecule has 4 rings (SSSR count). The Kier molecular flexibility index (Phi) is 5.55. The second kappa shape index (κ2) is 8.23. The van der Waals surface area contributed by atoms with Gasteiger partial charge in [0.25, 0.3) is 0 Å². The van der Waals surface area contributed by atoms with E-state index in [0.29, 0.717) is 17.8 Å². The van der Waals surface area contributed by atoms with Crippen molar-refractivity contribution in [2.75, 3.05) is 30.7 Å². The molecule has 2 heterocycles. The summed E-state index contributed by atoms with van der Waals surface area (Å²) in [6.07, 6.45) is 3.75. The number of nitrogens with two attached hydrogens (primary N) is 1. The average molecular weight is 367 g/mol. The molecule has 1 saturated heterocycles. The summed E-state index contributed by atoms with van der Waals surface area (Å²) in [7, 11) is 0. The Bertz CT molecular complexity index is 739. The van der Waals surface area contributed by atoms with Gasteiger partial charge in [-0.2, -0.15) is 4.98 Å². The van der Waals surface area contributed by atoms with Crippen molar-refractivity contribution in [3.8, 4) is 0 Å². The van der Waals surface area contributed by atoms with Crippen molar-refractivity contribution in [3.05, 3.63) is 47.7 Å². The average Bonchev–Trinajstić information content (AvgIpc) is 2.65. The monoisotopic (exact) mass is 367 g/mol. The fraction of sp³-hybridized carbons (Fsp3) is 0.524. The quantitative estimate of drug-likeness (QED) is 0.727. The fourth-order valence-electron chi connectivity index (χ4n) is 4.05. The fourth-order valence-corrected chi connectivity index (χ4v) is 4.05. The lowest BCUT2D eigenvalue weighted by Gasteiger charge is -2.32. The molecule has 1 aliphatic heterocycles. The summed E-state index contributed by atoms with van der Waals surface area (Å²) in [5, 5.41) is 13.0. The third-order valence-electron chi connectivity index (χ3n) is 5.82. The van der Waals surface area contributed by atoms with Crippen LogP contribution in [0.25, 0.3) is 0 Å². The van der Waals surface area contributed by atoms with Crippen LogP contribution in [0, 0.1) is 5.92 Å². The standard InChI is InChI=1S/C21H29N5O/c22-21-24-19(17-10-18(27)11-17)12-20(25-21)23-13-15-6-8-26(9-7-15)14-16-4-2-1-3-5-16/h1-5,12,15,17-18,27H,6-11,13-14H2,(H3,22,23,24,25). The topological polar surface area (TPSA) is 87.3 Å². The number of anilines is 2. The minimum absolute atomic E-state index is 0.191. The second-order valence-electron chi connectivity index (χ2n) is 7.94. The van der Waals surface area contributed by atoms with Gasteiger partial charge < -0.3 is 16.2 Å². The van der Waals surface area contributed by atoms with Gasteiger partial charge in [-0.15, -0.1) is 0 Å². The molecule has 144 valence electrons. The maximum atomic E-state index is 9.51. The summed E-state index contributed by atoms with van der Waals surface area (Å²) in [6, 6.07) is 12.7. The molecule has 1 aliphatic carbocycles. The van der Waals surface area contributed by atoms with Crippen molar-refractivity contribution >= 4 is 11.8 Å². The first-order valence-corrected chi connectivity index (χ1v) is 9.98. The Morgan fingerprint density at radius 1 is 1.11 bits per heavy atom. The number of piperidine rings is 1. The van der Waals surface area contributed by atoms with Gasteiger partial charge in [-0.05, 0) is 50.3 Å². The third-order valence-corrected chi connectivity index (χ3v) is 5.82. The van der Waals surface area contributed by atoms with Crippen molar-refractivity contribution < 1.29 is 5.11 Å². The highest BCUT2D eigenvalue weighted by Crippen LogP contribution is 2.36. The normalized spacial score (nSPS) is 23.7. The van der Waals surface area contributed by atoms with Crippen LogP contribution >= 0.6 is 0 Å². The number of nitrogen functional groups attached to an aromatic ring is 1. The van der Waals surface area contributed by atoms with Crippen LogP contribution in [0.5, 0.6) is 0 Å². The van der Waals surface area contributed by atoms with Gasteiger partial charge >= 0.3 is 0 Å². The SMILES string of the molecule is Nc1nc(NCC2CCN(Cc3ccccc3)CC2)cc(C2CC(O)C2)n1. The predicted octanol–water partition coefficient (Wildman–Crippen LogP) is 2.62. The summed E-state index contributed by atoms with van der Waals surface area (Å²) in [6.45, 7) is 4.24. The molecule has 2 aromatic rings. The first kappa shape index (κ1) is 18.2. The van der Waals surface area contributed by atoms with Crippen LogP contribution in [0.1, 0.15) is 42.9 Å². The Morgan fingerprint density at radius 3 is 2.56 bits per heavy atom. The molecular weight excluding hydrogens is 338 g/mol. The number of aliphatic hydroxyl groups excluding tert-OH is 1. The second-order valence-corrected chi connectivity index (χ2v) is 7.94. The summed E-state index contributed by atoms with van der Waals surface area (Å²) in [5.41, 5.74) is 8.22. The van der Waals surface area contributed by atoms with Crippen LogP contribution < -0.4 is 11.1 Å². The maximum absolute atomic E-state index is 9.51. The predicted molar refractivity (Wildman–Crippen MR) is 107 cm³/mol. The number of rotatable bonds is 6. The van der Waals surface area contributed by atoms with Crippen molar-refractivity contribution in [2.45, 2.75) is 44.2 Å². The lowest BCUT2D eigenvalue weighted by atomic mass is 9.80. The molecule has 27 heavy (non-hydrogen) atoms. The van der Waals surface area contributed by atoms with Gasteiger partial charge in [0.15, 0.2) is 0 Å². The molecular formula is C21H29N5O. The van der Waals surface area contributed by atoms with Gasteiger partial charge in [-0.1, -0.05) is 30.3 Å². The molecule has 0 bridgehead atoms. The van der Waals surface area contributed by atoms with Gasteiger partial charge in [0.1, 0.15) is 5.82 Å². The largest absolute Gasteiger partial charge is 0.393 e. The molecule has 1 aromatic heterocycles. The van der Waals surface area contributed by atoms with Gasteiger partial charge in [-0.3, -0.25) is 4.90 Å². The highest BCUT2D eigenvalue weighted by molar-refractivity contribution is 5.42. The Hall–Kier alpha value is -2.18. The van der Waals surface area contributed by atoms with Crippen molar-refractivity contribution in [1.82, 2.24) is 14.9 Å². The van der Waals surface area contributed by atoms with E-state index in [1.165, 1.54) is 18.4 Å². The molecule has 1 aromatic carbocycles. The molecule has 1 saturated carbocycles. The molecule has 0 radical (unpaired) electrons. The number of nitrogens with one attached hydrogen (secondary N) is 1. The Labute approximate surface area is 160 Å². The van der Waals surface area contributed by atoms with Gasteiger partial charge in [0.05, 0.1) is 11.8 Å². The minimum Gasteiger partial charge on any atom is -0.393 e. The van der Waals surface area contributed by atoms with E-state index in [1.54, 1.807) is 0 Å². The zero-order valence-corrected chi connectivity index (χ0v) is 15.7. The molecule has 6 nitrogen and oxygen atoms in total. The summed E-state index contributed by atoms with van der Waals surface area (Å²) < 4.78 is 0. The first-order valence-electron chi connectivity index (χ1n) is 9.98. The van der Waals surface area contributed by atoms with Gasteiger partial charge in [0, 0.05) is 25.1 Å². The molecule has 2 fully saturated rings. The van der Waals surface area contributed by atoms with E-state index in [9.17, 15) is 5.11 Å². The zero-order chi connectivity index (χ0) is 18.6. The number of benzene rings is 1. The van der Waals surface area contributed by atoms with E-state index in [0.717, 1.165) is 50.5 Å². The number of hydrogen-bond acceptors (Lipinski definition) is 6. The van der Waals surface area contributed by atoms with E-state index in [2.05, 4.69) is 50.5 Å². The van der Waals surface area contributed by atoms with Crippen LogP contribution in [0.3, 0.4) is 0 Å². The Morgan fingerprint density at radius 2 is 1.85 bits per heavy atom. The molecule has 0 unspecified atom stereocenters. The van der Waals surface area contributed by atoms with E-state index in [-0.39, 0.29) is 6.10 Å². The molecule has 6 heteroatoms. The smallest absolute Gasteiger partial charge is 0.222 e. The maximum Gasteiger partial charge on any atom is 0.222 e. The third kappa shape index (κ3) is 4.76. The molecule has 0 spiro atoms. The van der Waals surface area contributed by atoms with Crippen LogP contribution in [0.4, 0.5) is 11.8 Å². The summed E-state index contributed by atoms with van der Waals surface area (Å²) in [5.74, 6) is 2.09. The number of nitrogens with zero attached hydrogens (tertiary/aromatic N) is 3. The van der Waals surface area contributed by atoms with Crippen molar-refractivity contribution in [1.29, 1.82) is 0 Å². The molecule has 2 aliphatic rings. The van der Waals surface area contributed by atoms with Crippen molar-refractivity contribution in [2.24, 2.45) is 5.92 Å². The summed E-state index contributed by atoms with van der Waals surface area (Å²) in [4.78, 5) is 11.2.